The summed E-state index contributed by atoms with van der Waals surface area (Å²) in [6.45, 7) is 6.00. The van der Waals surface area contributed by atoms with Gasteiger partial charge >= 0.3 is 0 Å². The topological polar surface area (TPSA) is 21.3 Å². The maximum Gasteiger partial charge on any atom is 0.0587 e. The molecule has 0 radical (unpaired) electrons. The van der Waals surface area contributed by atoms with Crippen LogP contribution in [0.4, 0.5) is 0 Å². The molecule has 1 heterocycles. The highest BCUT2D eigenvalue weighted by Gasteiger charge is 2.05. The summed E-state index contributed by atoms with van der Waals surface area (Å²) in [6.07, 6.45) is 0. The lowest BCUT2D eigenvalue weighted by Gasteiger charge is -2.10. The van der Waals surface area contributed by atoms with Gasteiger partial charge in [-0.25, -0.2) is 0 Å². The van der Waals surface area contributed by atoms with Gasteiger partial charge in [0.2, 0.25) is 0 Å². The second-order valence-electron chi connectivity index (χ2n) is 3.12. The molecule has 74 valence electrons. The van der Waals surface area contributed by atoms with E-state index in [9.17, 15) is 0 Å². The summed E-state index contributed by atoms with van der Waals surface area (Å²) in [5, 5.41) is 3.40. The zero-order valence-electron chi connectivity index (χ0n) is 8.46. The van der Waals surface area contributed by atoms with Gasteiger partial charge in [0.1, 0.15) is 0 Å². The van der Waals surface area contributed by atoms with Gasteiger partial charge in [-0.05, 0) is 26.0 Å². The van der Waals surface area contributed by atoms with Crippen molar-refractivity contribution in [2.75, 3.05) is 20.3 Å². The largest absolute Gasteiger partial charge is 0.383 e. The van der Waals surface area contributed by atoms with E-state index in [1.165, 1.54) is 9.75 Å². The Morgan fingerprint density at radius 2 is 2.31 bits per heavy atom. The first-order valence-corrected chi connectivity index (χ1v) is 5.34. The third-order valence-corrected chi connectivity index (χ3v) is 3.13. The van der Waals surface area contributed by atoms with Crippen molar-refractivity contribution in [1.29, 1.82) is 0 Å². The molecule has 0 amide bonds. The third kappa shape index (κ3) is 3.46. The first kappa shape index (κ1) is 10.7. The molecule has 1 N–H and O–H groups in total. The Morgan fingerprint density at radius 3 is 2.85 bits per heavy atom. The Morgan fingerprint density at radius 1 is 1.54 bits per heavy atom. The Balaban J connectivity index is 2.35. The van der Waals surface area contributed by atoms with Crippen LogP contribution < -0.4 is 5.32 Å². The molecule has 0 saturated carbocycles. The van der Waals surface area contributed by atoms with E-state index in [0.717, 1.165) is 13.2 Å². The van der Waals surface area contributed by atoms with Crippen molar-refractivity contribution in [1.82, 2.24) is 5.32 Å². The number of aryl methyl sites for hydroxylation is 1. The van der Waals surface area contributed by atoms with Crippen LogP contribution in [0.3, 0.4) is 0 Å². The number of nitrogens with one attached hydrogen (secondary N) is 1. The normalized spacial score (nSPS) is 13.2. The Hall–Kier alpha value is -0.380. The predicted molar refractivity (Wildman–Crippen MR) is 57.3 cm³/mol. The molecule has 0 fully saturated rings. The highest BCUT2D eigenvalue weighted by Crippen LogP contribution is 2.21. The zero-order chi connectivity index (χ0) is 9.68. The highest BCUT2D eigenvalue weighted by atomic mass is 32.1. The molecule has 0 saturated heterocycles. The van der Waals surface area contributed by atoms with Crippen LogP contribution in [0.15, 0.2) is 12.1 Å². The van der Waals surface area contributed by atoms with Gasteiger partial charge in [-0.15, -0.1) is 11.3 Å². The molecule has 13 heavy (non-hydrogen) atoms. The van der Waals surface area contributed by atoms with Gasteiger partial charge in [0.15, 0.2) is 0 Å². The van der Waals surface area contributed by atoms with Gasteiger partial charge in [-0.1, -0.05) is 0 Å². The average Bonchev–Trinajstić information content (AvgIpc) is 2.52. The number of thiophene rings is 1. The van der Waals surface area contributed by atoms with E-state index in [1.807, 2.05) is 11.3 Å². The number of ether oxygens (including phenoxy) is 1. The van der Waals surface area contributed by atoms with Gasteiger partial charge in [0, 0.05) is 29.5 Å². The van der Waals surface area contributed by atoms with Crippen molar-refractivity contribution in [2.24, 2.45) is 0 Å². The van der Waals surface area contributed by atoms with E-state index in [2.05, 4.69) is 31.3 Å². The van der Waals surface area contributed by atoms with Crippen molar-refractivity contribution in [3.63, 3.8) is 0 Å². The first-order valence-electron chi connectivity index (χ1n) is 4.52. The Bertz CT molecular complexity index is 247. The molecule has 1 atom stereocenters. The molecule has 1 aromatic rings. The molecular weight excluding hydrogens is 182 g/mol. The van der Waals surface area contributed by atoms with Crippen molar-refractivity contribution < 1.29 is 4.74 Å². The smallest absolute Gasteiger partial charge is 0.0587 e. The average molecular weight is 199 g/mol. The van der Waals surface area contributed by atoms with Gasteiger partial charge in [0.05, 0.1) is 6.61 Å². The van der Waals surface area contributed by atoms with E-state index in [0.29, 0.717) is 6.04 Å². The molecule has 0 spiro atoms. The summed E-state index contributed by atoms with van der Waals surface area (Å²) >= 11 is 1.85. The monoisotopic (exact) mass is 199 g/mol. The van der Waals surface area contributed by atoms with Crippen LogP contribution in [0.2, 0.25) is 0 Å². The summed E-state index contributed by atoms with van der Waals surface area (Å²) in [5.41, 5.74) is 0. The van der Waals surface area contributed by atoms with Crippen LogP contribution in [0.5, 0.6) is 0 Å². The molecule has 2 nitrogen and oxygen atoms in total. The zero-order valence-corrected chi connectivity index (χ0v) is 9.28. The lowest BCUT2D eigenvalue weighted by atomic mass is 10.3. The molecule has 0 bridgehead atoms. The molecule has 0 aliphatic carbocycles. The van der Waals surface area contributed by atoms with Crippen LogP contribution in [0.1, 0.15) is 22.7 Å². The van der Waals surface area contributed by atoms with Crippen LogP contribution in [-0.4, -0.2) is 20.3 Å². The Labute approximate surface area is 83.9 Å². The number of hydrogen-bond acceptors (Lipinski definition) is 3. The van der Waals surface area contributed by atoms with E-state index in [4.69, 9.17) is 4.74 Å². The van der Waals surface area contributed by atoms with Crippen molar-refractivity contribution >= 4 is 11.3 Å². The standard InChI is InChI=1S/C10H17NOS/c1-8-4-5-10(13-8)9(2)11-6-7-12-3/h4-5,9,11H,6-7H2,1-3H3/t9-/m1/s1. The fourth-order valence-corrected chi connectivity index (χ4v) is 2.07. The molecule has 1 aromatic heterocycles. The second kappa shape index (κ2) is 5.37. The summed E-state index contributed by atoms with van der Waals surface area (Å²) in [5.74, 6) is 0. The fourth-order valence-electron chi connectivity index (χ4n) is 1.16. The summed E-state index contributed by atoms with van der Waals surface area (Å²) < 4.78 is 4.97. The van der Waals surface area contributed by atoms with Crippen molar-refractivity contribution in [3.8, 4) is 0 Å². The summed E-state index contributed by atoms with van der Waals surface area (Å²) in [7, 11) is 1.72. The maximum atomic E-state index is 4.97. The quantitative estimate of drug-likeness (QED) is 0.735. The van der Waals surface area contributed by atoms with Gasteiger partial charge in [-0.3, -0.25) is 0 Å². The highest BCUT2D eigenvalue weighted by molar-refractivity contribution is 7.12. The van der Waals surface area contributed by atoms with E-state index in [-0.39, 0.29) is 0 Å². The summed E-state index contributed by atoms with van der Waals surface area (Å²) in [4.78, 5) is 2.77. The van der Waals surface area contributed by atoms with Gasteiger partial charge in [0.25, 0.3) is 0 Å². The minimum atomic E-state index is 0.439. The molecular formula is C10H17NOS. The number of hydrogen-bond donors (Lipinski definition) is 1. The van der Waals surface area contributed by atoms with E-state index >= 15 is 0 Å². The summed E-state index contributed by atoms with van der Waals surface area (Å²) in [6, 6.07) is 4.78. The minimum absolute atomic E-state index is 0.439. The van der Waals surface area contributed by atoms with Crippen molar-refractivity contribution in [3.05, 3.63) is 21.9 Å². The molecule has 0 aliphatic rings. The minimum Gasteiger partial charge on any atom is -0.383 e. The van der Waals surface area contributed by atoms with Crippen LogP contribution in [0.25, 0.3) is 0 Å². The van der Waals surface area contributed by atoms with E-state index < -0.39 is 0 Å². The molecule has 1 rings (SSSR count). The van der Waals surface area contributed by atoms with Gasteiger partial charge in [-0.2, -0.15) is 0 Å². The Kier molecular flexibility index (Phi) is 4.42. The molecule has 0 unspecified atom stereocenters. The molecule has 3 heteroatoms. The molecule has 0 aliphatic heterocycles. The van der Waals surface area contributed by atoms with Crippen LogP contribution in [0, 0.1) is 6.92 Å². The van der Waals surface area contributed by atoms with Crippen molar-refractivity contribution in [2.45, 2.75) is 19.9 Å². The fraction of sp³-hybridized carbons (Fsp3) is 0.600. The third-order valence-electron chi connectivity index (χ3n) is 1.94. The van der Waals surface area contributed by atoms with Crippen LogP contribution >= 0.6 is 11.3 Å². The number of methoxy groups -OCH3 is 1. The first-order chi connectivity index (χ1) is 6.24. The SMILES string of the molecule is COCCN[C@H](C)c1ccc(C)s1. The van der Waals surface area contributed by atoms with E-state index in [1.54, 1.807) is 7.11 Å². The predicted octanol–water partition coefficient (Wildman–Crippen LogP) is 2.35. The van der Waals surface area contributed by atoms with Crippen LogP contribution in [-0.2, 0) is 4.74 Å². The molecule has 0 aromatic carbocycles. The maximum absolute atomic E-state index is 4.97. The second-order valence-corrected chi connectivity index (χ2v) is 4.44. The lowest BCUT2D eigenvalue weighted by Crippen LogP contribution is -2.22. The number of rotatable bonds is 5. The van der Waals surface area contributed by atoms with Gasteiger partial charge < -0.3 is 10.1 Å². The lowest BCUT2D eigenvalue weighted by molar-refractivity contribution is 0.196.